The van der Waals surface area contributed by atoms with Gasteiger partial charge in [0, 0.05) is 17.9 Å². The Hall–Kier alpha value is -2.18. The van der Waals surface area contributed by atoms with Gasteiger partial charge in [-0.15, -0.1) is 11.3 Å². The van der Waals surface area contributed by atoms with Crippen LogP contribution in [-0.2, 0) is 11.2 Å². The minimum Gasteiger partial charge on any atom is -0.349 e. The molecule has 2 heterocycles. The Morgan fingerprint density at radius 1 is 1.36 bits per heavy atom. The van der Waals surface area contributed by atoms with Crippen molar-refractivity contribution in [3.05, 3.63) is 58.3 Å². The van der Waals surface area contributed by atoms with E-state index in [4.69, 9.17) is 16.1 Å². The smallest absolute Gasteiger partial charge is 0.227 e. The monoisotopic (exact) mass is 375 g/mol. The van der Waals surface area contributed by atoms with Gasteiger partial charge < -0.3 is 9.84 Å². The van der Waals surface area contributed by atoms with Gasteiger partial charge >= 0.3 is 0 Å². The van der Waals surface area contributed by atoms with Crippen LogP contribution in [-0.4, -0.2) is 16.0 Å². The number of hydrogen-bond acceptors (Lipinski definition) is 5. The summed E-state index contributed by atoms with van der Waals surface area (Å²) in [6, 6.07) is 11.4. The average Bonchev–Trinajstić information content (AvgIpc) is 3.29. The molecule has 1 aromatic carbocycles. The number of nitrogens with zero attached hydrogens (tertiary/aromatic N) is 2. The van der Waals surface area contributed by atoms with Crippen molar-refractivity contribution in [3.63, 3.8) is 0 Å². The van der Waals surface area contributed by atoms with Crippen LogP contribution >= 0.6 is 22.9 Å². The van der Waals surface area contributed by atoms with Crippen LogP contribution in [0.1, 0.15) is 37.3 Å². The quantitative estimate of drug-likeness (QED) is 0.652. The zero-order chi connectivity index (χ0) is 17.6. The molecule has 0 aliphatic heterocycles. The fourth-order valence-electron chi connectivity index (χ4n) is 2.49. The number of aryl methyl sites for hydroxylation is 1. The lowest BCUT2D eigenvalue weighted by atomic mass is 10.0. The van der Waals surface area contributed by atoms with Gasteiger partial charge in [0.15, 0.2) is 0 Å². The lowest BCUT2D eigenvalue weighted by Gasteiger charge is -2.17. The molecule has 25 heavy (non-hydrogen) atoms. The summed E-state index contributed by atoms with van der Waals surface area (Å²) in [6.45, 7) is 2.02. The van der Waals surface area contributed by atoms with Gasteiger partial charge in [-0.1, -0.05) is 41.9 Å². The zero-order valence-corrected chi connectivity index (χ0v) is 15.3. The molecular formula is C18H18ClN3O2S. The molecular weight excluding hydrogens is 358 g/mol. The number of aromatic nitrogens is 2. The van der Waals surface area contributed by atoms with Crippen LogP contribution in [0.2, 0.25) is 5.02 Å². The van der Waals surface area contributed by atoms with Crippen LogP contribution in [0.3, 0.4) is 0 Å². The Balaban J connectivity index is 1.55. The van der Waals surface area contributed by atoms with E-state index in [1.165, 1.54) is 0 Å². The molecule has 1 atom stereocenters. The number of amides is 1. The van der Waals surface area contributed by atoms with E-state index in [1.807, 2.05) is 48.7 Å². The Labute approximate surface area is 155 Å². The number of halogens is 1. The first-order chi connectivity index (χ1) is 12.2. The fraction of sp³-hybridized carbons (Fsp3) is 0.278. The maximum Gasteiger partial charge on any atom is 0.227 e. The summed E-state index contributed by atoms with van der Waals surface area (Å²) in [5.41, 5.74) is 1.00. The van der Waals surface area contributed by atoms with E-state index in [9.17, 15) is 4.79 Å². The second-order valence-corrected chi connectivity index (χ2v) is 6.96. The van der Waals surface area contributed by atoms with E-state index in [1.54, 1.807) is 11.3 Å². The Bertz CT molecular complexity index is 832. The molecule has 5 nitrogen and oxygen atoms in total. The van der Waals surface area contributed by atoms with Gasteiger partial charge in [0.1, 0.15) is 0 Å². The molecule has 0 saturated heterocycles. The van der Waals surface area contributed by atoms with E-state index in [-0.39, 0.29) is 11.9 Å². The molecule has 0 radical (unpaired) electrons. The van der Waals surface area contributed by atoms with Crippen molar-refractivity contribution >= 4 is 28.8 Å². The molecule has 0 bridgehead atoms. The molecule has 7 heteroatoms. The molecule has 3 aromatic rings. The summed E-state index contributed by atoms with van der Waals surface area (Å²) >= 11 is 7.58. The normalized spacial score (nSPS) is 12.1. The van der Waals surface area contributed by atoms with Crippen LogP contribution in [0.25, 0.3) is 10.7 Å². The maximum absolute atomic E-state index is 12.2. The van der Waals surface area contributed by atoms with E-state index in [0.29, 0.717) is 29.6 Å². The summed E-state index contributed by atoms with van der Waals surface area (Å²) in [6.07, 6.45) is 1.49. The topological polar surface area (TPSA) is 68.0 Å². The number of carbonyl (C=O) groups excluding carboxylic acids is 1. The molecule has 0 aliphatic rings. The first-order valence-electron chi connectivity index (χ1n) is 8.07. The molecule has 2 aromatic heterocycles. The standard InChI is InChI=1S/C18H18ClN3O2S/c1-2-14(12-5-3-6-13(19)11-12)20-16(23)8-9-17-21-18(22-24-17)15-7-4-10-25-15/h3-7,10-11,14H,2,8-9H2,1H3,(H,20,23). The number of nitrogens with one attached hydrogen (secondary N) is 1. The van der Waals surface area contributed by atoms with Crippen molar-refractivity contribution in [2.75, 3.05) is 0 Å². The Kier molecular flexibility index (Phi) is 5.83. The van der Waals surface area contributed by atoms with Crippen LogP contribution < -0.4 is 5.32 Å². The van der Waals surface area contributed by atoms with Gasteiger partial charge in [-0.3, -0.25) is 4.79 Å². The third-order valence-electron chi connectivity index (χ3n) is 3.77. The molecule has 130 valence electrons. The van der Waals surface area contributed by atoms with Crippen LogP contribution in [0.5, 0.6) is 0 Å². The van der Waals surface area contributed by atoms with Crippen molar-refractivity contribution in [3.8, 4) is 10.7 Å². The Morgan fingerprint density at radius 3 is 2.96 bits per heavy atom. The minimum absolute atomic E-state index is 0.0531. The number of carbonyl (C=O) groups is 1. The van der Waals surface area contributed by atoms with E-state index in [0.717, 1.165) is 16.9 Å². The van der Waals surface area contributed by atoms with E-state index < -0.39 is 0 Å². The first kappa shape index (κ1) is 17.6. The molecule has 1 N–H and O–H groups in total. The van der Waals surface area contributed by atoms with Crippen molar-refractivity contribution in [2.24, 2.45) is 0 Å². The molecule has 0 fully saturated rings. The SMILES string of the molecule is CCC(NC(=O)CCc1nc(-c2cccs2)no1)c1cccc(Cl)c1. The summed E-state index contributed by atoms with van der Waals surface area (Å²) in [5.74, 6) is 0.979. The van der Waals surface area contributed by atoms with Crippen LogP contribution in [0.15, 0.2) is 46.3 Å². The number of benzene rings is 1. The van der Waals surface area contributed by atoms with Crippen LogP contribution in [0.4, 0.5) is 0 Å². The molecule has 1 unspecified atom stereocenters. The molecule has 0 aliphatic carbocycles. The summed E-state index contributed by atoms with van der Waals surface area (Å²) in [5, 5.41) is 9.60. The van der Waals surface area contributed by atoms with E-state index in [2.05, 4.69) is 15.5 Å². The predicted octanol–water partition coefficient (Wildman–Crippen LogP) is 4.65. The van der Waals surface area contributed by atoms with Crippen molar-refractivity contribution < 1.29 is 9.32 Å². The van der Waals surface area contributed by atoms with Crippen molar-refractivity contribution in [1.29, 1.82) is 0 Å². The third-order valence-corrected chi connectivity index (χ3v) is 4.87. The highest BCUT2D eigenvalue weighted by Crippen LogP contribution is 2.22. The highest BCUT2D eigenvalue weighted by molar-refractivity contribution is 7.13. The second-order valence-electron chi connectivity index (χ2n) is 5.57. The first-order valence-corrected chi connectivity index (χ1v) is 9.32. The van der Waals surface area contributed by atoms with Gasteiger partial charge in [0.2, 0.25) is 17.6 Å². The minimum atomic E-state index is -0.0597. The summed E-state index contributed by atoms with van der Waals surface area (Å²) < 4.78 is 5.22. The van der Waals surface area contributed by atoms with Gasteiger partial charge in [-0.25, -0.2) is 0 Å². The second kappa shape index (κ2) is 8.27. The highest BCUT2D eigenvalue weighted by Gasteiger charge is 2.15. The number of hydrogen-bond donors (Lipinski definition) is 1. The Morgan fingerprint density at radius 2 is 2.24 bits per heavy atom. The van der Waals surface area contributed by atoms with Gasteiger partial charge in [0.25, 0.3) is 0 Å². The lowest BCUT2D eigenvalue weighted by molar-refractivity contribution is -0.121. The third kappa shape index (κ3) is 4.67. The zero-order valence-electron chi connectivity index (χ0n) is 13.7. The summed E-state index contributed by atoms with van der Waals surface area (Å²) in [7, 11) is 0. The predicted molar refractivity (Wildman–Crippen MR) is 98.6 cm³/mol. The fourth-order valence-corrected chi connectivity index (χ4v) is 3.34. The largest absolute Gasteiger partial charge is 0.349 e. The van der Waals surface area contributed by atoms with E-state index >= 15 is 0 Å². The van der Waals surface area contributed by atoms with Gasteiger partial charge in [-0.05, 0) is 35.6 Å². The lowest BCUT2D eigenvalue weighted by Crippen LogP contribution is -2.28. The number of rotatable bonds is 7. The van der Waals surface area contributed by atoms with Gasteiger partial charge in [0.05, 0.1) is 10.9 Å². The molecule has 0 saturated carbocycles. The van der Waals surface area contributed by atoms with Crippen LogP contribution in [0, 0.1) is 0 Å². The maximum atomic E-state index is 12.2. The molecule has 1 amide bonds. The molecule has 3 rings (SSSR count). The summed E-state index contributed by atoms with van der Waals surface area (Å²) in [4.78, 5) is 17.5. The van der Waals surface area contributed by atoms with Crippen molar-refractivity contribution in [1.82, 2.24) is 15.5 Å². The average molecular weight is 376 g/mol. The number of thiophene rings is 1. The highest BCUT2D eigenvalue weighted by atomic mass is 35.5. The van der Waals surface area contributed by atoms with Gasteiger partial charge in [-0.2, -0.15) is 4.98 Å². The van der Waals surface area contributed by atoms with Crippen molar-refractivity contribution in [2.45, 2.75) is 32.2 Å². The molecule has 0 spiro atoms.